The third-order valence-corrected chi connectivity index (χ3v) is 4.41. The number of ketones is 1. The number of benzene rings is 2. The van der Waals surface area contributed by atoms with Gasteiger partial charge in [-0.05, 0) is 36.4 Å². The molecule has 0 N–H and O–H groups in total. The van der Waals surface area contributed by atoms with Gasteiger partial charge in [0, 0.05) is 9.50 Å². The number of rotatable bonds is 4. The topological polar surface area (TPSA) is 46.6 Å². The Hall–Kier alpha value is -1.56. The lowest BCUT2D eigenvalue weighted by Crippen LogP contribution is -2.33. The van der Waals surface area contributed by atoms with Crippen LogP contribution in [-0.2, 0) is 4.79 Å². The molecule has 0 saturated carbocycles. The van der Waals surface area contributed by atoms with E-state index in [-0.39, 0.29) is 23.7 Å². The molecule has 3 rings (SSSR count). The van der Waals surface area contributed by atoms with E-state index in [1.165, 1.54) is 17.0 Å². The van der Waals surface area contributed by atoms with Crippen LogP contribution in [0, 0.1) is 0 Å². The molecule has 1 aliphatic heterocycles. The van der Waals surface area contributed by atoms with Crippen molar-refractivity contribution in [1.29, 1.82) is 0 Å². The molecule has 0 aliphatic carbocycles. The third kappa shape index (κ3) is 3.22. The van der Waals surface area contributed by atoms with Gasteiger partial charge in [-0.2, -0.15) is 0 Å². The van der Waals surface area contributed by atoms with Crippen LogP contribution in [0.3, 0.4) is 0 Å². The number of anilines is 1. The Morgan fingerprint density at radius 2 is 1.78 bits per heavy atom. The number of Topliss-reactive ketones (excluding diaryl/α,β-unsaturated/α-hetero) is 1. The van der Waals surface area contributed by atoms with Crippen molar-refractivity contribution in [1.82, 2.24) is 0 Å². The van der Waals surface area contributed by atoms with Crippen molar-refractivity contribution in [3.8, 4) is 5.75 Å². The van der Waals surface area contributed by atoms with Gasteiger partial charge >= 0.3 is 0 Å². The Bertz CT molecular complexity index is 793. The van der Waals surface area contributed by atoms with Crippen molar-refractivity contribution < 1.29 is 14.3 Å². The first-order valence-electron chi connectivity index (χ1n) is 6.71. The van der Waals surface area contributed by atoms with Gasteiger partial charge in [-0.15, -0.1) is 0 Å². The van der Waals surface area contributed by atoms with E-state index in [0.717, 1.165) is 4.47 Å². The van der Waals surface area contributed by atoms with Gasteiger partial charge in [0.05, 0.1) is 22.8 Å². The summed E-state index contributed by atoms with van der Waals surface area (Å²) in [6.45, 7) is 0.452. The number of amides is 1. The summed E-state index contributed by atoms with van der Waals surface area (Å²) in [7, 11) is 0. The molecule has 118 valence electrons. The van der Waals surface area contributed by atoms with Gasteiger partial charge in [0.1, 0.15) is 12.4 Å². The monoisotopic (exact) mass is 413 g/mol. The molecule has 0 radical (unpaired) electrons. The Labute approximate surface area is 151 Å². The molecule has 1 amide bonds. The van der Waals surface area contributed by atoms with Gasteiger partial charge in [0.2, 0.25) is 0 Å². The maximum atomic E-state index is 12.1. The number of fused-ring (bicyclic) bond motifs is 1. The summed E-state index contributed by atoms with van der Waals surface area (Å²) in [4.78, 5) is 25.5. The highest BCUT2D eigenvalue weighted by atomic mass is 79.9. The average molecular weight is 415 g/mol. The molecule has 0 aromatic heterocycles. The summed E-state index contributed by atoms with van der Waals surface area (Å²) in [5.41, 5.74) is 0.626. The van der Waals surface area contributed by atoms with E-state index in [2.05, 4.69) is 15.9 Å². The first-order chi connectivity index (χ1) is 11.0. The van der Waals surface area contributed by atoms with E-state index in [1.54, 1.807) is 0 Å². The predicted octanol–water partition coefficient (Wildman–Crippen LogP) is 4.36. The van der Waals surface area contributed by atoms with E-state index in [4.69, 9.17) is 27.9 Å². The second-order valence-electron chi connectivity index (χ2n) is 4.87. The molecule has 1 heterocycles. The van der Waals surface area contributed by atoms with Crippen LogP contribution < -0.4 is 9.64 Å². The molecule has 1 aliphatic rings. The highest BCUT2D eigenvalue weighted by molar-refractivity contribution is 9.10. The number of hydrogen-bond acceptors (Lipinski definition) is 3. The minimum atomic E-state index is -0.622. The highest BCUT2D eigenvalue weighted by Crippen LogP contribution is 2.38. The molecule has 0 spiro atoms. The second-order valence-corrected chi connectivity index (χ2v) is 6.63. The molecule has 0 bridgehead atoms. The zero-order chi connectivity index (χ0) is 16.6. The molecule has 2 aromatic carbocycles. The fraction of sp³-hybridized carbons (Fsp3) is 0.125. The first-order valence-corrected chi connectivity index (χ1v) is 8.26. The first kappa shape index (κ1) is 16.3. The van der Waals surface area contributed by atoms with Crippen molar-refractivity contribution in [3.63, 3.8) is 0 Å². The summed E-state index contributed by atoms with van der Waals surface area (Å²) < 4.78 is 6.54. The quantitative estimate of drug-likeness (QED) is 0.698. The fourth-order valence-corrected chi connectivity index (χ4v) is 3.21. The van der Waals surface area contributed by atoms with Gasteiger partial charge in [-0.25, -0.2) is 0 Å². The normalized spacial score (nSPS) is 13.4. The largest absolute Gasteiger partial charge is 0.492 e. The molecule has 7 heteroatoms. The van der Waals surface area contributed by atoms with Crippen molar-refractivity contribution in [3.05, 3.63) is 56.5 Å². The molecule has 0 fully saturated rings. The third-order valence-electron chi connectivity index (χ3n) is 3.38. The molecule has 0 unspecified atom stereocenters. The summed E-state index contributed by atoms with van der Waals surface area (Å²) >= 11 is 15.4. The molecule has 0 atom stereocenters. The Balaban J connectivity index is 1.75. The second kappa shape index (κ2) is 6.51. The van der Waals surface area contributed by atoms with Crippen LogP contribution in [0.25, 0.3) is 0 Å². The Morgan fingerprint density at radius 1 is 1.09 bits per heavy atom. The van der Waals surface area contributed by atoms with Gasteiger partial charge in [0.15, 0.2) is 0 Å². The van der Waals surface area contributed by atoms with Crippen molar-refractivity contribution in [2.75, 3.05) is 18.1 Å². The van der Waals surface area contributed by atoms with Gasteiger partial charge in [0.25, 0.3) is 11.7 Å². The minimum Gasteiger partial charge on any atom is -0.492 e. The summed E-state index contributed by atoms with van der Waals surface area (Å²) in [5, 5.41) is 0.596. The molecule has 0 saturated heterocycles. The Morgan fingerprint density at radius 3 is 2.48 bits per heavy atom. The number of hydrogen-bond donors (Lipinski definition) is 0. The van der Waals surface area contributed by atoms with E-state index in [9.17, 15) is 9.59 Å². The number of carbonyl (C=O) groups excluding carboxylic acids is 2. The number of carbonyl (C=O) groups is 2. The van der Waals surface area contributed by atoms with E-state index in [1.807, 2.05) is 24.3 Å². The van der Waals surface area contributed by atoms with Gasteiger partial charge in [-0.1, -0.05) is 39.1 Å². The molecular weight excluding hydrogens is 405 g/mol. The smallest absolute Gasteiger partial charge is 0.299 e. The molecule has 2 aromatic rings. The van der Waals surface area contributed by atoms with Gasteiger partial charge < -0.3 is 4.74 Å². The number of nitrogens with zero attached hydrogens (tertiary/aromatic N) is 1. The van der Waals surface area contributed by atoms with Crippen LogP contribution in [0.4, 0.5) is 5.69 Å². The van der Waals surface area contributed by atoms with Crippen molar-refractivity contribution in [2.45, 2.75) is 0 Å². The lowest BCUT2D eigenvalue weighted by atomic mass is 10.1. The molecular formula is C16H10BrCl2NO3. The zero-order valence-corrected chi connectivity index (χ0v) is 14.8. The van der Waals surface area contributed by atoms with Crippen LogP contribution in [0.2, 0.25) is 10.0 Å². The van der Waals surface area contributed by atoms with E-state index >= 15 is 0 Å². The van der Waals surface area contributed by atoms with Crippen LogP contribution in [-0.4, -0.2) is 24.8 Å². The summed E-state index contributed by atoms with van der Waals surface area (Å²) in [6, 6.07) is 10.3. The lowest BCUT2D eigenvalue weighted by Gasteiger charge is -2.18. The number of ether oxygens (including phenoxy) is 1. The van der Waals surface area contributed by atoms with Crippen LogP contribution >= 0.6 is 39.1 Å². The number of halogens is 3. The van der Waals surface area contributed by atoms with E-state index in [0.29, 0.717) is 16.5 Å². The summed E-state index contributed by atoms with van der Waals surface area (Å²) in [6.07, 6.45) is 0. The van der Waals surface area contributed by atoms with Crippen LogP contribution in [0.15, 0.2) is 40.9 Å². The highest BCUT2D eigenvalue weighted by Gasteiger charge is 2.37. The minimum absolute atomic E-state index is 0.217. The van der Waals surface area contributed by atoms with Crippen molar-refractivity contribution in [2.24, 2.45) is 0 Å². The van der Waals surface area contributed by atoms with E-state index < -0.39 is 11.7 Å². The summed E-state index contributed by atoms with van der Waals surface area (Å²) in [5.74, 6) is -0.551. The zero-order valence-electron chi connectivity index (χ0n) is 11.7. The SMILES string of the molecule is O=C1C(=O)N(CCOc2ccc(Br)cc2)c2c(Cl)cc(Cl)cc21. The molecule has 23 heavy (non-hydrogen) atoms. The standard InChI is InChI=1S/C16H10BrCl2NO3/c17-9-1-3-11(4-2-9)23-6-5-20-14-12(15(21)16(20)22)7-10(18)8-13(14)19/h1-4,7-8H,5-6H2. The maximum Gasteiger partial charge on any atom is 0.299 e. The van der Waals surface area contributed by atoms with Gasteiger partial charge in [-0.3, -0.25) is 14.5 Å². The maximum absolute atomic E-state index is 12.1. The molecule has 4 nitrogen and oxygen atoms in total. The van der Waals surface area contributed by atoms with Crippen LogP contribution in [0.5, 0.6) is 5.75 Å². The van der Waals surface area contributed by atoms with Crippen LogP contribution in [0.1, 0.15) is 10.4 Å². The average Bonchev–Trinajstić information content (AvgIpc) is 2.74. The fourth-order valence-electron chi connectivity index (χ4n) is 2.35. The van der Waals surface area contributed by atoms with Crippen molar-refractivity contribution >= 4 is 56.5 Å². The Kier molecular flexibility index (Phi) is 4.62. The lowest BCUT2D eigenvalue weighted by molar-refractivity contribution is -0.114. The predicted molar refractivity (Wildman–Crippen MR) is 92.8 cm³/mol.